The van der Waals surface area contributed by atoms with Crippen LogP contribution >= 0.6 is 0 Å². The predicted molar refractivity (Wildman–Crippen MR) is 161 cm³/mol. The molecule has 41 heavy (non-hydrogen) atoms. The molecule has 8 saturated carbocycles. The van der Waals surface area contributed by atoms with Gasteiger partial charge in [0.05, 0.1) is 6.20 Å². The highest BCUT2D eigenvalue weighted by Gasteiger charge is 2.52. The fraction of sp³-hybridized carbons (Fsp3) is 0.556. The average Bonchev–Trinajstić information content (AvgIpc) is 2.94. The lowest BCUT2D eigenvalue weighted by molar-refractivity contribution is -0.00530. The van der Waals surface area contributed by atoms with E-state index in [2.05, 4.69) is 69.1 Å². The minimum absolute atomic E-state index is 0.204. The molecule has 1 aromatic heterocycles. The van der Waals surface area contributed by atoms with Gasteiger partial charge in [0.25, 0.3) is 0 Å². The summed E-state index contributed by atoms with van der Waals surface area (Å²) < 4.78 is 14.8. The van der Waals surface area contributed by atoms with Gasteiger partial charge in [0.1, 0.15) is 0 Å². The molecule has 5 heteroatoms. The van der Waals surface area contributed by atoms with Gasteiger partial charge in [0.2, 0.25) is 5.95 Å². The second-order valence-corrected chi connectivity index (χ2v) is 15.2. The van der Waals surface area contributed by atoms with E-state index in [1.807, 2.05) is 0 Å². The van der Waals surface area contributed by atoms with E-state index >= 15 is 0 Å². The van der Waals surface area contributed by atoms with Gasteiger partial charge in [-0.15, -0.1) is 0 Å². The van der Waals surface area contributed by atoms with E-state index in [9.17, 15) is 4.39 Å². The first-order valence-corrected chi connectivity index (χ1v) is 16.3. The fourth-order valence-electron chi connectivity index (χ4n) is 11.5. The van der Waals surface area contributed by atoms with E-state index in [1.54, 1.807) is 0 Å². The van der Waals surface area contributed by atoms with E-state index in [-0.39, 0.29) is 5.82 Å². The number of benzene rings is 2. The maximum atomic E-state index is 14.8. The fourth-order valence-corrected chi connectivity index (χ4v) is 11.5. The normalized spacial score (nSPS) is 37.9. The van der Waals surface area contributed by atoms with Crippen LogP contribution in [0.4, 0.5) is 27.5 Å². The number of nitrogens with zero attached hydrogens (tertiary/aromatic N) is 2. The van der Waals surface area contributed by atoms with Crippen molar-refractivity contribution in [1.29, 1.82) is 0 Å². The Labute approximate surface area is 243 Å². The number of halogens is 1. The van der Waals surface area contributed by atoms with Gasteiger partial charge in [-0.25, -0.2) is 9.37 Å². The second-order valence-electron chi connectivity index (χ2n) is 15.2. The third-order valence-electron chi connectivity index (χ3n) is 12.3. The van der Waals surface area contributed by atoms with Crippen LogP contribution in [0.3, 0.4) is 0 Å². The van der Waals surface area contributed by atoms with E-state index < -0.39 is 5.82 Å². The predicted octanol–water partition coefficient (Wildman–Crippen LogP) is 9.04. The summed E-state index contributed by atoms with van der Waals surface area (Å²) in [4.78, 5) is 8.74. The first-order valence-electron chi connectivity index (χ1n) is 16.3. The average molecular weight is 549 g/mol. The molecule has 3 aromatic rings. The Balaban J connectivity index is 0.898. The highest BCUT2D eigenvalue weighted by molar-refractivity contribution is 5.61. The highest BCUT2D eigenvalue weighted by Crippen LogP contribution is 2.62. The minimum Gasteiger partial charge on any atom is -0.338 e. The van der Waals surface area contributed by atoms with Crippen LogP contribution in [0.1, 0.15) is 88.2 Å². The van der Waals surface area contributed by atoms with Crippen molar-refractivity contribution in [3.63, 3.8) is 0 Å². The van der Waals surface area contributed by atoms with Crippen LogP contribution in [-0.4, -0.2) is 9.97 Å². The molecule has 1 heterocycles. The zero-order chi connectivity index (χ0) is 27.2. The molecule has 4 nitrogen and oxygen atoms in total. The lowest BCUT2D eigenvalue weighted by atomic mass is 9.48. The molecule has 0 radical (unpaired) electrons. The lowest BCUT2D eigenvalue weighted by Gasteiger charge is -2.57. The molecule has 0 amide bonds. The Bertz CT molecular complexity index is 1390. The van der Waals surface area contributed by atoms with Gasteiger partial charge in [-0.1, -0.05) is 24.3 Å². The summed E-state index contributed by atoms with van der Waals surface area (Å²) in [6.07, 6.45) is 18.2. The second kappa shape index (κ2) is 9.02. The van der Waals surface area contributed by atoms with Gasteiger partial charge in [-0.2, -0.15) is 4.98 Å². The van der Waals surface area contributed by atoms with Crippen LogP contribution < -0.4 is 10.6 Å². The third-order valence-corrected chi connectivity index (χ3v) is 12.3. The molecule has 0 spiro atoms. The van der Waals surface area contributed by atoms with Crippen LogP contribution in [-0.2, 0) is 10.8 Å². The van der Waals surface area contributed by atoms with Gasteiger partial charge in [0.15, 0.2) is 11.6 Å². The van der Waals surface area contributed by atoms with Crippen molar-refractivity contribution in [2.45, 2.75) is 87.9 Å². The van der Waals surface area contributed by atoms with Crippen molar-refractivity contribution < 1.29 is 4.39 Å². The monoisotopic (exact) mass is 548 g/mol. The molecular formula is C36H41FN4. The summed E-state index contributed by atoms with van der Waals surface area (Å²) >= 11 is 0. The maximum Gasteiger partial charge on any atom is 0.229 e. The molecule has 2 N–H and O–H groups in total. The van der Waals surface area contributed by atoms with Gasteiger partial charge < -0.3 is 10.6 Å². The lowest BCUT2D eigenvalue weighted by Crippen LogP contribution is -2.48. The Hall–Kier alpha value is -2.95. The number of aromatic nitrogens is 2. The summed E-state index contributed by atoms with van der Waals surface area (Å²) in [5.74, 6) is 5.74. The van der Waals surface area contributed by atoms with Crippen LogP contribution in [0.25, 0.3) is 0 Å². The summed E-state index contributed by atoms with van der Waals surface area (Å²) in [5.41, 5.74) is 5.54. The standard InChI is InChI=1S/C36H41FN4/c37-32-21-38-34(40-31-7-3-29(4-8-31)36-18-25-12-26(19-36)14-27(13-25)20-36)41-33(32)39-30-5-1-28(2-6-30)35-15-22-9-23(16-35)11-24(10-22)17-35/h1-8,21-27H,9-20H2,(H2,38,39,40,41). The number of rotatable bonds is 6. The smallest absolute Gasteiger partial charge is 0.229 e. The molecule has 0 atom stereocenters. The van der Waals surface area contributed by atoms with Gasteiger partial charge >= 0.3 is 0 Å². The molecule has 212 valence electrons. The van der Waals surface area contributed by atoms with Crippen molar-refractivity contribution in [2.75, 3.05) is 10.6 Å². The zero-order valence-electron chi connectivity index (χ0n) is 23.9. The SMILES string of the molecule is Fc1cnc(Nc2ccc(C34CC5CC(CC(C5)C3)C4)cc2)nc1Nc1ccc(C23CC4CC(CC(C4)C2)C3)cc1. The molecule has 0 saturated heterocycles. The maximum absolute atomic E-state index is 14.8. The Morgan fingerprint density at radius 3 is 1.37 bits per heavy atom. The van der Waals surface area contributed by atoms with Crippen LogP contribution in [0.15, 0.2) is 54.7 Å². The van der Waals surface area contributed by atoms with Gasteiger partial charge in [-0.05, 0) is 159 Å². The van der Waals surface area contributed by atoms with Gasteiger partial charge in [-0.3, -0.25) is 0 Å². The number of nitrogens with one attached hydrogen (secondary N) is 2. The number of hydrogen-bond acceptors (Lipinski definition) is 4. The van der Waals surface area contributed by atoms with Crippen molar-refractivity contribution in [3.05, 3.63) is 71.7 Å². The molecular weight excluding hydrogens is 507 g/mol. The molecule has 2 aromatic carbocycles. The van der Waals surface area contributed by atoms with Crippen LogP contribution in [0, 0.1) is 41.3 Å². The molecule has 8 aliphatic rings. The van der Waals surface area contributed by atoms with Crippen molar-refractivity contribution in [2.24, 2.45) is 35.5 Å². The molecule has 0 unspecified atom stereocenters. The zero-order valence-corrected chi connectivity index (χ0v) is 23.9. The van der Waals surface area contributed by atoms with Gasteiger partial charge in [0, 0.05) is 11.4 Å². The molecule has 11 rings (SSSR count). The summed E-state index contributed by atoms with van der Waals surface area (Å²) in [6.45, 7) is 0. The highest BCUT2D eigenvalue weighted by atomic mass is 19.1. The topological polar surface area (TPSA) is 49.8 Å². The van der Waals surface area contributed by atoms with Crippen molar-refractivity contribution >= 4 is 23.1 Å². The number of anilines is 4. The largest absolute Gasteiger partial charge is 0.338 e. The molecule has 0 aliphatic heterocycles. The summed E-state index contributed by atoms with van der Waals surface area (Å²) in [6, 6.07) is 17.7. The molecule has 8 aliphatic carbocycles. The van der Waals surface area contributed by atoms with Crippen LogP contribution in [0.5, 0.6) is 0 Å². The molecule has 8 fully saturated rings. The first kappa shape index (κ1) is 24.6. The quantitative estimate of drug-likeness (QED) is 0.323. The van der Waals surface area contributed by atoms with Crippen molar-refractivity contribution in [3.8, 4) is 0 Å². The van der Waals surface area contributed by atoms with E-state index in [4.69, 9.17) is 0 Å². The first-order chi connectivity index (χ1) is 20.0. The Morgan fingerprint density at radius 2 is 0.951 bits per heavy atom. The van der Waals surface area contributed by atoms with Crippen molar-refractivity contribution in [1.82, 2.24) is 9.97 Å². The van der Waals surface area contributed by atoms with E-state index in [0.717, 1.165) is 46.9 Å². The molecule has 8 bridgehead atoms. The summed E-state index contributed by atoms with van der Waals surface area (Å²) in [5, 5.41) is 6.53. The van der Waals surface area contributed by atoms with E-state index in [0.29, 0.717) is 16.8 Å². The Kier molecular flexibility index (Phi) is 5.42. The number of hydrogen-bond donors (Lipinski definition) is 2. The van der Waals surface area contributed by atoms with E-state index in [1.165, 1.54) is 94.4 Å². The minimum atomic E-state index is -0.446. The summed E-state index contributed by atoms with van der Waals surface area (Å²) in [7, 11) is 0. The van der Waals surface area contributed by atoms with Crippen LogP contribution in [0.2, 0.25) is 0 Å². The third kappa shape index (κ3) is 4.20. The Morgan fingerprint density at radius 1 is 0.561 bits per heavy atom.